The first-order valence-electron chi connectivity index (χ1n) is 5.64. The molecule has 0 saturated carbocycles. The van der Waals surface area contributed by atoms with E-state index in [0.29, 0.717) is 22.7 Å². The first-order valence-corrected chi connectivity index (χ1v) is 7.83. The summed E-state index contributed by atoms with van der Waals surface area (Å²) in [4.78, 5) is 11.8. The van der Waals surface area contributed by atoms with Gasteiger partial charge in [-0.3, -0.25) is 4.79 Å². The number of hydrogen-bond acceptors (Lipinski definition) is 4. The highest BCUT2D eigenvalue weighted by atomic mass is 35.5. The first-order chi connectivity index (χ1) is 8.34. The fourth-order valence-corrected chi connectivity index (χ4v) is 2.63. The van der Waals surface area contributed by atoms with E-state index in [2.05, 4.69) is 0 Å². The Bertz CT molecular complexity index is 520. The van der Waals surface area contributed by atoms with Gasteiger partial charge in [0.25, 0.3) is 0 Å². The molecule has 0 heterocycles. The number of nitrogens with two attached hydrogens (primary N) is 1. The zero-order valence-corrected chi connectivity index (χ0v) is 11.7. The SMILES string of the molecule is CCS(=O)(=O)CCCC(=O)c1cc(N)cc(Cl)c1. The van der Waals surface area contributed by atoms with Crippen LogP contribution in [0.1, 0.15) is 30.1 Å². The summed E-state index contributed by atoms with van der Waals surface area (Å²) in [6, 6.07) is 4.64. The van der Waals surface area contributed by atoms with Crippen LogP contribution in [0.4, 0.5) is 5.69 Å². The Labute approximate surface area is 112 Å². The fourth-order valence-electron chi connectivity index (χ4n) is 1.51. The number of carbonyl (C=O) groups is 1. The lowest BCUT2D eigenvalue weighted by molar-refractivity contribution is 0.0982. The van der Waals surface area contributed by atoms with Gasteiger partial charge in [-0.25, -0.2) is 8.42 Å². The lowest BCUT2D eigenvalue weighted by Gasteiger charge is -2.04. The third-order valence-electron chi connectivity index (χ3n) is 2.54. The van der Waals surface area contributed by atoms with Crippen LogP contribution in [0, 0.1) is 0 Å². The molecule has 6 heteroatoms. The van der Waals surface area contributed by atoms with Crippen molar-refractivity contribution in [3.63, 3.8) is 0 Å². The molecule has 0 aromatic heterocycles. The molecule has 2 N–H and O–H groups in total. The monoisotopic (exact) mass is 289 g/mol. The second kappa shape index (κ2) is 6.20. The van der Waals surface area contributed by atoms with Gasteiger partial charge in [0.05, 0.1) is 5.75 Å². The van der Waals surface area contributed by atoms with Crippen molar-refractivity contribution in [3.05, 3.63) is 28.8 Å². The van der Waals surface area contributed by atoms with Crippen molar-refractivity contribution in [3.8, 4) is 0 Å². The number of Topliss-reactive ketones (excluding diaryl/α,β-unsaturated/α-hetero) is 1. The molecule has 0 aliphatic rings. The van der Waals surface area contributed by atoms with E-state index < -0.39 is 9.84 Å². The minimum absolute atomic E-state index is 0.0330. The lowest BCUT2D eigenvalue weighted by Crippen LogP contribution is -2.10. The number of benzene rings is 1. The van der Waals surface area contributed by atoms with E-state index in [1.54, 1.807) is 19.1 Å². The second-order valence-electron chi connectivity index (χ2n) is 4.04. The number of hydrogen-bond donors (Lipinski definition) is 1. The lowest BCUT2D eigenvalue weighted by atomic mass is 10.1. The molecule has 4 nitrogen and oxygen atoms in total. The molecule has 1 aromatic rings. The maximum atomic E-state index is 11.8. The molecule has 1 rings (SSSR count). The Balaban J connectivity index is 2.61. The second-order valence-corrected chi connectivity index (χ2v) is 6.95. The molecule has 0 atom stereocenters. The summed E-state index contributed by atoms with van der Waals surface area (Å²) in [6.07, 6.45) is 0.500. The average Bonchev–Trinajstić information content (AvgIpc) is 2.27. The smallest absolute Gasteiger partial charge is 0.163 e. The molecule has 0 unspecified atom stereocenters. The molecular formula is C12H16ClNO3S. The van der Waals surface area contributed by atoms with Gasteiger partial charge >= 0.3 is 0 Å². The Morgan fingerprint density at radius 2 is 2.00 bits per heavy atom. The highest BCUT2D eigenvalue weighted by molar-refractivity contribution is 7.91. The number of rotatable bonds is 6. The predicted octanol–water partition coefficient (Wildman–Crippen LogP) is 2.32. The molecule has 0 saturated heterocycles. The fraction of sp³-hybridized carbons (Fsp3) is 0.417. The summed E-state index contributed by atoms with van der Waals surface area (Å²) in [5, 5.41) is 0.402. The summed E-state index contributed by atoms with van der Waals surface area (Å²) in [5.74, 6) is -0.00755. The van der Waals surface area contributed by atoms with Crippen LogP contribution in [-0.2, 0) is 9.84 Å². The molecule has 18 heavy (non-hydrogen) atoms. The van der Waals surface area contributed by atoms with E-state index in [9.17, 15) is 13.2 Å². The Morgan fingerprint density at radius 3 is 2.56 bits per heavy atom. The number of nitrogen functional groups attached to an aromatic ring is 1. The van der Waals surface area contributed by atoms with Gasteiger partial charge < -0.3 is 5.73 Å². The molecule has 1 aromatic carbocycles. The minimum Gasteiger partial charge on any atom is -0.399 e. The Kier molecular flexibility index (Phi) is 5.16. The van der Waals surface area contributed by atoms with Gasteiger partial charge in [-0.05, 0) is 24.6 Å². The van der Waals surface area contributed by atoms with E-state index in [-0.39, 0.29) is 23.7 Å². The van der Waals surface area contributed by atoms with Crippen molar-refractivity contribution < 1.29 is 13.2 Å². The van der Waals surface area contributed by atoms with E-state index in [4.69, 9.17) is 17.3 Å². The van der Waals surface area contributed by atoms with Gasteiger partial charge in [0, 0.05) is 28.4 Å². The number of halogens is 1. The number of carbonyl (C=O) groups excluding carboxylic acids is 1. The van der Waals surface area contributed by atoms with Gasteiger partial charge in [-0.15, -0.1) is 0 Å². The number of ketones is 1. The topological polar surface area (TPSA) is 77.2 Å². The van der Waals surface area contributed by atoms with Gasteiger partial charge in [0.2, 0.25) is 0 Å². The molecule has 0 spiro atoms. The molecule has 0 fully saturated rings. The summed E-state index contributed by atoms with van der Waals surface area (Å²) in [5.41, 5.74) is 6.43. The molecule has 0 aliphatic heterocycles. The zero-order chi connectivity index (χ0) is 13.8. The van der Waals surface area contributed by atoms with Crippen LogP contribution in [0.3, 0.4) is 0 Å². The van der Waals surface area contributed by atoms with E-state index in [1.807, 2.05) is 0 Å². The van der Waals surface area contributed by atoms with E-state index in [1.165, 1.54) is 6.07 Å². The largest absolute Gasteiger partial charge is 0.399 e. The summed E-state index contributed by atoms with van der Waals surface area (Å²) in [6.45, 7) is 1.59. The normalized spacial score (nSPS) is 11.4. The molecule has 0 amide bonds. The maximum Gasteiger partial charge on any atom is 0.163 e. The zero-order valence-electron chi connectivity index (χ0n) is 10.1. The molecular weight excluding hydrogens is 274 g/mol. The van der Waals surface area contributed by atoms with E-state index in [0.717, 1.165) is 0 Å². The highest BCUT2D eigenvalue weighted by Gasteiger charge is 2.11. The van der Waals surface area contributed by atoms with Crippen molar-refractivity contribution in [1.82, 2.24) is 0 Å². The van der Waals surface area contributed by atoms with Crippen LogP contribution < -0.4 is 5.73 Å². The molecule has 100 valence electrons. The minimum atomic E-state index is -3.02. The highest BCUT2D eigenvalue weighted by Crippen LogP contribution is 2.18. The van der Waals surface area contributed by atoms with Gasteiger partial charge in [-0.1, -0.05) is 18.5 Å². The Hall–Kier alpha value is -1.07. The summed E-state index contributed by atoms with van der Waals surface area (Å²) < 4.78 is 22.5. The van der Waals surface area contributed by atoms with E-state index >= 15 is 0 Å². The van der Waals surface area contributed by atoms with Crippen molar-refractivity contribution >= 4 is 32.9 Å². The molecule has 0 radical (unpaired) electrons. The third kappa shape index (κ3) is 4.66. The van der Waals surface area contributed by atoms with Gasteiger partial charge in [0.15, 0.2) is 5.78 Å². The summed E-state index contributed by atoms with van der Waals surface area (Å²) in [7, 11) is -3.02. The van der Waals surface area contributed by atoms with Crippen LogP contribution in [0.2, 0.25) is 5.02 Å². The van der Waals surface area contributed by atoms with Crippen LogP contribution in [0.25, 0.3) is 0 Å². The maximum absolute atomic E-state index is 11.8. The molecule has 0 bridgehead atoms. The van der Waals surface area contributed by atoms with Crippen LogP contribution in [0.15, 0.2) is 18.2 Å². The average molecular weight is 290 g/mol. The van der Waals surface area contributed by atoms with Gasteiger partial charge in [-0.2, -0.15) is 0 Å². The first kappa shape index (κ1) is 15.0. The van der Waals surface area contributed by atoms with Crippen LogP contribution in [0.5, 0.6) is 0 Å². The summed E-state index contributed by atoms with van der Waals surface area (Å²) >= 11 is 5.80. The Morgan fingerprint density at radius 1 is 1.33 bits per heavy atom. The van der Waals surface area contributed by atoms with Crippen molar-refractivity contribution in [2.75, 3.05) is 17.2 Å². The predicted molar refractivity (Wildman–Crippen MR) is 73.8 cm³/mol. The van der Waals surface area contributed by atoms with Crippen molar-refractivity contribution in [2.45, 2.75) is 19.8 Å². The molecule has 0 aliphatic carbocycles. The number of sulfone groups is 1. The third-order valence-corrected chi connectivity index (χ3v) is 4.55. The van der Waals surface area contributed by atoms with Gasteiger partial charge in [0.1, 0.15) is 9.84 Å². The standard InChI is InChI=1S/C12H16ClNO3S/c1-2-18(16,17)5-3-4-12(15)9-6-10(13)8-11(14)7-9/h6-8H,2-5,14H2,1H3. The van der Waals surface area contributed by atoms with Crippen molar-refractivity contribution in [2.24, 2.45) is 0 Å². The van der Waals surface area contributed by atoms with Crippen LogP contribution >= 0.6 is 11.6 Å². The van der Waals surface area contributed by atoms with Crippen molar-refractivity contribution in [1.29, 1.82) is 0 Å². The number of anilines is 1. The quantitative estimate of drug-likeness (QED) is 0.644. The van der Waals surface area contributed by atoms with Crippen LogP contribution in [-0.4, -0.2) is 25.7 Å².